The lowest BCUT2D eigenvalue weighted by molar-refractivity contribution is -0.274. The van der Waals surface area contributed by atoms with Crippen LogP contribution in [0, 0.1) is 5.82 Å². The number of ether oxygens (including phenoxy) is 1. The van der Waals surface area contributed by atoms with Crippen molar-refractivity contribution >= 4 is 5.91 Å². The van der Waals surface area contributed by atoms with Crippen LogP contribution in [-0.4, -0.2) is 46.2 Å². The Kier molecular flexibility index (Phi) is 7.58. The minimum absolute atomic E-state index is 0.0336. The van der Waals surface area contributed by atoms with Gasteiger partial charge in [-0.05, 0) is 48.9 Å². The fraction of sp³-hybridized carbons (Fsp3) is 0.227. The lowest BCUT2D eigenvalue weighted by atomic mass is 10.1. The number of aliphatic hydroxyl groups excluding tert-OH is 1. The predicted octanol–water partition coefficient (Wildman–Crippen LogP) is 4.89. The third-order valence-corrected chi connectivity index (χ3v) is 4.54. The van der Waals surface area contributed by atoms with Crippen LogP contribution in [0.25, 0.3) is 22.6 Å². The van der Waals surface area contributed by atoms with E-state index in [1.54, 1.807) is 5.32 Å². The first kappa shape index (κ1) is 25.9. The van der Waals surface area contributed by atoms with Crippen molar-refractivity contribution < 1.29 is 45.4 Å². The molecule has 0 saturated heterocycles. The van der Waals surface area contributed by atoms with Crippen molar-refractivity contribution in [1.29, 1.82) is 0 Å². The second kappa shape index (κ2) is 10.3. The monoisotopic (exact) mass is 503 g/mol. The van der Waals surface area contributed by atoms with Crippen LogP contribution < -0.4 is 10.1 Å². The number of rotatable bonds is 7. The average molecular weight is 503 g/mol. The van der Waals surface area contributed by atoms with Crippen LogP contribution >= 0.6 is 0 Å². The largest absolute Gasteiger partial charge is 0.573 e. The van der Waals surface area contributed by atoms with E-state index in [9.17, 15) is 35.5 Å². The number of halogens is 7. The molecule has 0 fully saturated rings. The van der Waals surface area contributed by atoms with Gasteiger partial charge in [-0.3, -0.25) is 4.79 Å². The average Bonchev–Trinajstić information content (AvgIpc) is 2.77. The zero-order valence-electron chi connectivity index (χ0n) is 17.5. The highest BCUT2D eigenvalue weighted by Crippen LogP contribution is 2.28. The summed E-state index contributed by atoms with van der Waals surface area (Å²) in [5.74, 6) is -2.67. The second-order valence-corrected chi connectivity index (χ2v) is 7.12. The van der Waals surface area contributed by atoms with E-state index in [1.807, 2.05) is 0 Å². The van der Waals surface area contributed by atoms with E-state index in [0.717, 1.165) is 30.3 Å². The first-order valence-corrected chi connectivity index (χ1v) is 9.85. The molecule has 13 heteroatoms. The van der Waals surface area contributed by atoms with E-state index in [4.69, 9.17) is 5.11 Å². The molecule has 6 nitrogen and oxygen atoms in total. The van der Waals surface area contributed by atoms with Crippen LogP contribution in [0.4, 0.5) is 30.7 Å². The van der Waals surface area contributed by atoms with E-state index in [-0.39, 0.29) is 22.6 Å². The van der Waals surface area contributed by atoms with Gasteiger partial charge in [-0.15, -0.1) is 13.2 Å². The highest BCUT2D eigenvalue weighted by atomic mass is 19.4. The first-order chi connectivity index (χ1) is 16.4. The van der Waals surface area contributed by atoms with Crippen molar-refractivity contribution in [3.63, 3.8) is 0 Å². The number of carbonyl (C=O) groups is 1. The fourth-order valence-corrected chi connectivity index (χ4v) is 2.97. The summed E-state index contributed by atoms with van der Waals surface area (Å²) in [5, 5.41) is 10.6. The number of amides is 1. The normalized spacial score (nSPS) is 12.8. The molecule has 3 rings (SSSR count). The molecule has 0 aliphatic carbocycles. The standard InChI is InChI=1S/C22H16F7N3O3/c23-14-3-1-2-13(10-14)19-30-16(12-4-6-15(7-5-12)35-22(27,28)29)11-17(31-19)20(34)32-18(8-9-33)21(24,25)26/h1-7,10-11,18,33H,8-9H2,(H,32,34). The zero-order chi connectivity index (χ0) is 25.8. The Morgan fingerprint density at radius 2 is 1.66 bits per heavy atom. The van der Waals surface area contributed by atoms with Gasteiger partial charge in [0.15, 0.2) is 5.82 Å². The highest BCUT2D eigenvalue weighted by Gasteiger charge is 2.40. The Labute approximate surface area is 193 Å². The minimum atomic E-state index is -4.92. The molecular formula is C22H16F7N3O3. The van der Waals surface area contributed by atoms with Crippen LogP contribution in [-0.2, 0) is 0 Å². The lowest BCUT2D eigenvalue weighted by Crippen LogP contribution is -2.46. The SMILES string of the molecule is O=C(NC(CCO)C(F)(F)F)c1cc(-c2ccc(OC(F)(F)F)cc2)nc(-c2cccc(F)c2)n1. The number of nitrogens with zero attached hydrogens (tertiary/aromatic N) is 2. The molecule has 0 spiro atoms. The Bertz CT molecular complexity index is 1180. The van der Waals surface area contributed by atoms with Gasteiger partial charge in [-0.2, -0.15) is 13.2 Å². The molecule has 0 bridgehead atoms. The number of hydrogen-bond donors (Lipinski definition) is 2. The van der Waals surface area contributed by atoms with E-state index in [2.05, 4.69) is 14.7 Å². The van der Waals surface area contributed by atoms with Crippen molar-refractivity contribution in [1.82, 2.24) is 15.3 Å². The van der Waals surface area contributed by atoms with Gasteiger partial charge in [-0.1, -0.05) is 12.1 Å². The van der Waals surface area contributed by atoms with Crippen LogP contribution in [0.3, 0.4) is 0 Å². The van der Waals surface area contributed by atoms with Gasteiger partial charge in [-0.25, -0.2) is 14.4 Å². The second-order valence-electron chi connectivity index (χ2n) is 7.12. The first-order valence-electron chi connectivity index (χ1n) is 9.85. The summed E-state index contributed by atoms with van der Waals surface area (Å²) >= 11 is 0. The molecule has 0 saturated carbocycles. The molecule has 0 radical (unpaired) electrons. The van der Waals surface area contributed by atoms with Crippen LogP contribution in [0.1, 0.15) is 16.9 Å². The number of nitrogens with one attached hydrogen (secondary N) is 1. The third-order valence-electron chi connectivity index (χ3n) is 4.54. The lowest BCUT2D eigenvalue weighted by Gasteiger charge is -2.20. The molecule has 1 unspecified atom stereocenters. The Balaban J connectivity index is 2.03. The minimum Gasteiger partial charge on any atom is -0.406 e. The van der Waals surface area contributed by atoms with E-state index in [0.29, 0.717) is 0 Å². The molecule has 1 amide bonds. The molecule has 0 aliphatic rings. The smallest absolute Gasteiger partial charge is 0.406 e. The van der Waals surface area contributed by atoms with Gasteiger partial charge in [0.05, 0.1) is 5.69 Å². The molecule has 0 aliphatic heterocycles. The number of benzene rings is 2. The van der Waals surface area contributed by atoms with Gasteiger partial charge in [0.25, 0.3) is 5.91 Å². The van der Waals surface area contributed by atoms with Crippen LogP contribution in [0.5, 0.6) is 5.75 Å². The van der Waals surface area contributed by atoms with E-state index in [1.165, 1.54) is 24.3 Å². The van der Waals surface area contributed by atoms with Gasteiger partial charge in [0.2, 0.25) is 0 Å². The van der Waals surface area contributed by atoms with Gasteiger partial charge < -0.3 is 15.2 Å². The topological polar surface area (TPSA) is 84.3 Å². The molecule has 3 aromatic rings. The Hall–Kier alpha value is -3.74. The van der Waals surface area contributed by atoms with Gasteiger partial charge >= 0.3 is 12.5 Å². The van der Waals surface area contributed by atoms with Crippen molar-refractivity contribution in [2.75, 3.05) is 6.61 Å². The maximum atomic E-state index is 13.7. The summed E-state index contributed by atoms with van der Waals surface area (Å²) in [4.78, 5) is 20.7. The number of aromatic nitrogens is 2. The van der Waals surface area contributed by atoms with Gasteiger partial charge in [0, 0.05) is 17.7 Å². The molecule has 2 N–H and O–H groups in total. The molecular weight excluding hydrogens is 487 g/mol. The molecule has 1 aromatic heterocycles. The van der Waals surface area contributed by atoms with Gasteiger partial charge in [0.1, 0.15) is 23.3 Å². The molecule has 186 valence electrons. The summed E-state index contributed by atoms with van der Waals surface area (Å²) in [6.07, 6.45) is -10.6. The third kappa shape index (κ3) is 7.12. The summed E-state index contributed by atoms with van der Waals surface area (Å²) in [6, 6.07) is 7.88. The Morgan fingerprint density at radius 1 is 0.971 bits per heavy atom. The number of alkyl halides is 6. The molecule has 1 heterocycles. The summed E-state index contributed by atoms with van der Waals surface area (Å²) in [7, 11) is 0. The van der Waals surface area contributed by atoms with Crippen LogP contribution in [0.2, 0.25) is 0 Å². The number of hydrogen-bond acceptors (Lipinski definition) is 5. The van der Waals surface area contributed by atoms with E-state index < -0.39 is 54.8 Å². The molecule has 2 aromatic carbocycles. The van der Waals surface area contributed by atoms with Crippen molar-refractivity contribution in [2.45, 2.75) is 25.0 Å². The molecule has 35 heavy (non-hydrogen) atoms. The van der Waals surface area contributed by atoms with E-state index >= 15 is 0 Å². The number of aliphatic hydroxyl groups is 1. The highest BCUT2D eigenvalue weighted by molar-refractivity contribution is 5.94. The fourth-order valence-electron chi connectivity index (χ4n) is 2.97. The summed E-state index contributed by atoms with van der Waals surface area (Å²) in [6.45, 7) is -0.847. The van der Waals surface area contributed by atoms with Crippen molar-refractivity contribution in [2.24, 2.45) is 0 Å². The van der Waals surface area contributed by atoms with Crippen molar-refractivity contribution in [3.8, 4) is 28.4 Å². The Morgan fingerprint density at radius 3 is 2.23 bits per heavy atom. The zero-order valence-corrected chi connectivity index (χ0v) is 17.5. The summed E-state index contributed by atoms with van der Waals surface area (Å²) < 4.78 is 94.3. The van der Waals surface area contributed by atoms with Crippen molar-refractivity contribution in [3.05, 3.63) is 66.1 Å². The quantitative estimate of drug-likeness (QED) is 0.449. The predicted molar refractivity (Wildman–Crippen MR) is 109 cm³/mol. The maximum Gasteiger partial charge on any atom is 0.573 e. The molecule has 1 atom stereocenters. The summed E-state index contributed by atoms with van der Waals surface area (Å²) in [5.41, 5.74) is -0.275. The number of carbonyl (C=O) groups excluding carboxylic acids is 1. The maximum absolute atomic E-state index is 13.7. The van der Waals surface area contributed by atoms with Crippen LogP contribution in [0.15, 0.2) is 54.6 Å².